The van der Waals surface area contributed by atoms with Gasteiger partial charge in [0.2, 0.25) is 23.6 Å². The Labute approximate surface area is 181 Å². The number of rotatable bonds is 4. The predicted octanol–water partition coefficient (Wildman–Crippen LogP) is 0.0116. The summed E-state index contributed by atoms with van der Waals surface area (Å²) in [5, 5.41) is 11.0. The van der Waals surface area contributed by atoms with Gasteiger partial charge in [-0.05, 0) is 5.56 Å². The molecule has 2 saturated heterocycles. The van der Waals surface area contributed by atoms with Crippen molar-refractivity contribution in [1.82, 2.24) is 19.6 Å². The Bertz CT molecular complexity index is 964. The van der Waals surface area contributed by atoms with Crippen molar-refractivity contribution in [2.45, 2.75) is 5.92 Å². The van der Waals surface area contributed by atoms with Crippen molar-refractivity contribution in [2.24, 2.45) is 11.8 Å². The molecule has 0 radical (unpaired) electrons. The molecule has 0 aromatic heterocycles. The number of nitro benzene ring substituents is 1. The van der Waals surface area contributed by atoms with Crippen LogP contribution in [-0.4, -0.2) is 88.4 Å². The molecular weight excluding hydrogens is 426 g/mol. The van der Waals surface area contributed by atoms with Crippen LogP contribution in [-0.2, 0) is 19.2 Å². The van der Waals surface area contributed by atoms with E-state index in [-0.39, 0.29) is 11.3 Å². The zero-order valence-corrected chi connectivity index (χ0v) is 17.5. The van der Waals surface area contributed by atoms with E-state index in [0.29, 0.717) is 19.6 Å². The summed E-state index contributed by atoms with van der Waals surface area (Å²) in [5.41, 5.74) is -0.176. The van der Waals surface area contributed by atoms with Crippen molar-refractivity contribution >= 4 is 41.4 Å². The molecule has 0 aliphatic carbocycles. The number of urea groups is 2. The van der Waals surface area contributed by atoms with Gasteiger partial charge in [-0.2, -0.15) is 0 Å². The highest BCUT2D eigenvalue weighted by Crippen LogP contribution is 2.40. The fourth-order valence-corrected chi connectivity index (χ4v) is 3.88. The summed E-state index contributed by atoms with van der Waals surface area (Å²) in [6.45, 7) is 0. The molecule has 3 rings (SSSR count). The highest BCUT2D eigenvalue weighted by atomic mass is 16.6. The van der Waals surface area contributed by atoms with Gasteiger partial charge in [-0.15, -0.1) is 0 Å². The molecule has 8 amide bonds. The van der Waals surface area contributed by atoms with E-state index in [0.717, 1.165) is 40.3 Å². The minimum Gasteiger partial charge on any atom is -0.273 e. The van der Waals surface area contributed by atoms with Crippen LogP contribution in [0.4, 0.5) is 15.3 Å². The van der Waals surface area contributed by atoms with Gasteiger partial charge in [0.25, 0.3) is 5.69 Å². The quantitative estimate of drug-likeness (QED) is 0.356. The number of carbonyl (C=O) groups excluding carboxylic acids is 6. The average Bonchev–Trinajstić information content (AvgIpc) is 2.78. The lowest BCUT2D eigenvalue weighted by molar-refractivity contribution is -0.384. The van der Waals surface area contributed by atoms with Crippen molar-refractivity contribution in [1.29, 1.82) is 0 Å². The van der Waals surface area contributed by atoms with Gasteiger partial charge in [-0.3, -0.25) is 48.9 Å². The molecule has 32 heavy (non-hydrogen) atoms. The number of carbonyl (C=O) groups is 6. The number of benzene rings is 1. The van der Waals surface area contributed by atoms with Gasteiger partial charge in [-0.1, -0.05) is 12.1 Å². The zero-order valence-electron chi connectivity index (χ0n) is 17.5. The smallest absolute Gasteiger partial charge is 0.273 e. The number of imide groups is 4. The van der Waals surface area contributed by atoms with E-state index in [4.69, 9.17) is 0 Å². The molecule has 0 saturated carbocycles. The van der Waals surface area contributed by atoms with Crippen molar-refractivity contribution in [2.75, 3.05) is 28.2 Å². The van der Waals surface area contributed by atoms with Gasteiger partial charge in [-0.25, -0.2) is 9.59 Å². The highest BCUT2D eigenvalue weighted by Gasteiger charge is 2.55. The van der Waals surface area contributed by atoms with Crippen LogP contribution in [0.1, 0.15) is 11.5 Å². The molecule has 2 fully saturated rings. The minimum atomic E-state index is -1.66. The second-order valence-corrected chi connectivity index (χ2v) is 7.48. The number of non-ortho nitro benzene ring substituents is 1. The van der Waals surface area contributed by atoms with Crippen LogP contribution in [0, 0.1) is 22.0 Å². The number of amides is 8. The maximum atomic E-state index is 13.0. The van der Waals surface area contributed by atoms with Crippen LogP contribution >= 0.6 is 0 Å². The molecule has 1 aromatic rings. The second-order valence-electron chi connectivity index (χ2n) is 7.48. The van der Waals surface area contributed by atoms with E-state index in [1.165, 1.54) is 12.1 Å². The molecule has 13 heteroatoms. The maximum Gasteiger partial charge on any atom is 0.332 e. The van der Waals surface area contributed by atoms with Gasteiger partial charge >= 0.3 is 12.1 Å². The zero-order chi connectivity index (χ0) is 24.1. The Hall–Kier alpha value is -4.16. The van der Waals surface area contributed by atoms with E-state index < -0.39 is 58.4 Å². The van der Waals surface area contributed by atoms with Crippen LogP contribution in [0.25, 0.3) is 0 Å². The molecule has 2 heterocycles. The Morgan fingerprint density at radius 3 is 1.28 bits per heavy atom. The SMILES string of the molecule is CN1C(=O)C(C(c2ccc([N+](=O)[O-])cc2)C2C(=O)N(C)C(=O)N(C)C2=O)C(=O)N(C)C1=O. The molecule has 0 atom stereocenters. The molecule has 0 spiro atoms. The fraction of sp³-hybridized carbons (Fsp3) is 0.368. The summed E-state index contributed by atoms with van der Waals surface area (Å²) < 4.78 is 0. The van der Waals surface area contributed by atoms with Gasteiger partial charge in [0.15, 0.2) is 0 Å². The third kappa shape index (κ3) is 3.27. The van der Waals surface area contributed by atoms with Crippen LogP contribution in [0.15, 0.2) is 24.3 Å². The first kappa shape index (κ1) is 22.5. The number of hydrogen-bond donors (Lipinski definition) is 0. The first-order chi connectivity index (χ1) is 14.9. The largest absolute Gasteiger partial charge is 0.332 e. The van der Waals surface area contributed by atoms with E-state index in [1.54, 1.807) is 0 Å². The van der Waals surface area contributed by atoms with Crippen LogP contribution in [0.3, 0.4) is 0 Å². The summed E-state index contributed by atoms with van der Waals surface area (Å²) in [6, 6.07) is 2.91. The topological polar surface area (TPSA) is 159 Å². The van der Waals surface area contributed by atoms with Crippen molar-refractivity contribution < 1.29 is 33.7 Å². The lowest BCUT2D eigenvalue weighted by Gasteiger charge is -2.41. The standard InChI is InChI=1S/C19H19N5O8/c1-20-14(25)12(15(26)21(2)18(20)29)11(9-5-7-10(8-6-9)24(31)32)13-16(27)22(3)19(30)23(4)17(13)28/h5-8,11-13H,1-4H3. The Kier molecular flexibility index (Phi) is 5.51. The predicted molar refractivity (Wildman–Crippen MR) is 105 cm³/mol. The number of nitrogens with zero attached hydrogens (tertiary/aromatic N) is 5. The van der Waals surface area contributed by atoms with E-state index >= 15 is 0 Å². The molecular formula is C19H19N5O8. The summed E-state index contributed by atoms with van der Waals surface area (Å²) >= 11 is 0. The van der Waals surface area contributed by atoms with E-state index in [2.05, 4.69) is 0 Å². The van der Waals surface area contributed by atoms with Crippen LogP contribution in [0.2, 0.25) is 0 Å². The molecule has 1 aromatic carbocycles. The van der Waals surface area contributed by atoms with Crippen molar-refractivity contribution in [3.8, 4) is 0 Å². The minimum absolute atomic E-state index is 0.112. The third-order valence-corrected chi connectivity index (χ3v) is 5.74. The Morgan fingerprint density at radius 1 is 0.688 bits per heavy atom. The third-order valence-electron chi connectivity index (χ3n) is 5.74. The van der Waals surface area contributed by atoms with Gasteiger partial charge in [0.05, 0.1) is 4.92 Å². The summed E-state index contributed by atoms with van der Waals surface area (Å²) in [6.07, 6.45) is 0. The normalized spacial score (nSPS) is 19.0. The number of hydrogen-bond acceptors (Lipinski definition) is 8. The lowest BCUT2D eigenvalue weighted by Crippen LogP contribution is -2.63. The van der Waals surface area contributed by atoms with Crippen molar-refractivity contribution in [3.63, 3.8) is 0 Å². The number of nitro groups is 1. The van der Waals surface area contributed by atoms with Gasteiger partial charge < -0.3 is 0 Å². The molecule has 168 valence electrons. The lowest BCUT2D eigenvalue weighted by atomic mass is 9.73. The summed E-state index contributed by atoms with van der Waals surface area (Å²) in [5.74, 6) is -8.50. The highest BCUT2D eigenvalue weighted by molar-refractivity contribution is 6.20. The van der Waals surface area contributed by atoms with Crippen molar-refractivity contribution in [3.05, 3.63) is 39.9 Å². The Balaban J connectivity index is 2.21. The van der Waals surface area contributed by atoms with Crippen LogP contribution < -0.4 is 0 Å². The molecule has 0 N–H and O–H groups in total. The molecule has 2 aliphatic rings. The Morgan fingerprint density at radius 2 is 1.00 bits per heavy atom. The van der Waals surface area contributed by atoms with Gasteiger partial charge in [0, 0.05) is 46.2 Å². The van der Waals surface area contributed by atoms with E-state index in [1.807, 2.05) is 0 Å². The van der Waals surface area contributed by atoms with Crippen LogP contribution in [0.5, 0.6) is 0 Å². The first-order valence-electron chi connectivity index (χ1n) is 9.32. The molecule has 0 unspecified atom stereocenters. The molecule has 13 nitrogen and oxygen atoms in total. The summed E-state index contributed by atoms with van der Waals surface area (Å²) in [7, 11) is 4.61. The monoisotopic (exact) mass is 445 g/mol. The fourth-order valence-electron chi connectivity index (χ4n) is 3.88. The van der Waals surface area contributed by atoms with Gasteiger partial charge in [0.1, 0.15) is 11.8 Å². The van der Waals surface area contributed by atoms with E-state index in [9.17, 15) is 38.9 Å². The maximum absolute atomic E-state index is 13.0. The summed E-state index contributed by atoms with van der Waals surface area (Å²) in [4.78, 5) is 89.5. The second kappa shape index (κ2) is 7.83. The molecule has 2 aliphatic heterocycles. The molecule has 0 bridgehead atoms. The average molecular weight is 445 g/mol. The first-order valence-corrected chi connectivity index (χ1v) is 9.32. The number of barbiturate groups is 2.